The van der Waals surface area contributed by atoms with Crippen molar-refractivity contribution >= 4 is 32.6 Å². The summed E-state index contributed by atoms with van der Waals surface area (Å²) in [6.07, 6.45) is 0. The summed E-state index contributed by atoms with van der Waals surface area (Å²) in [4.78, 5) is 22.3. The lowest BCUT2D eigenvalue weighted by Gasteiger charge is -2.24. The molecule has 0 fully saturated rings. The van der Waals surface area contributed by atoms with Crippen LogP contribution in [0.25, 0.3) is 10.2 Å². The average molecular weight is 428 g/mol. The minimum Gasteiger partial charge on any atom is -0.493 e. The first-order chi connectivity index (χ1) is 14.5. The topological polar surface area (TPSA) is 54.9 Å². The van der Waals surface area contributed by atoms with E-state index in [0.717, 1.165) is 35.4 Å². The van der Waals surface area contributed by atoms with Crippen molar-refractivity contribution in [3.05, 3.63) is 47.5 Å². The maximum absolute atomic E-state index is 13.4. The number of ether oxygens (including phenoxy) is 2. The molecule has 0 bridgehead atoms. The zero-order valence-corrected chi connectivity index (χ0v) is 19.1. The van der Waals surface area contributed by atoms with Crippen LogP contribution in [0.4, 0.5) is 5.13 Å². The molecule has 1 aromatic heterocycles. The number of carbonyl (C=O) groups is 1. The van der Waals surface area contributed by atoms with Crippen molar-refractivity contribution in [3.8, 4) is 11.5 Å². The number of nitrogens with zero attached hydrogens (tertiary/aromatic N) is 3. The Hall–Kier alpha value is -2.64. The van der Waals surface area contributed by atoms with Crippen LogP contribution in [0.2, 0.25) is 0 Å². The van der Waals surface area contributed by atoms with Crippen LogP contribution in [0.5, 0.6) is 11.5 Å². The predicted octanol–water partition coefficient (Wildman–Crippen LogP) is 4.61. The molecule has 160 valence electrons. The quantitative estimate of drug-likeness (QED) is 0.499. The van der Waals surface area contributed by atoms with E-state index in [-0.39, 0.29) is 5.91 Å². The Balaban J connectivity index is 2.01. The highest BCUT2D eigenvalue weighted by molar-refractivity contribution is 7.22. The molecule has 0 unspecified atom stereocenters. The first-order valence-electron chi connectivity index (χ1n) is 10.1. The van der Waals surface area contributed by atoms with Crippen LogP contribution in [-0.2, 0) is 0 Å². The number of likely N-dealkylation sites (N-methyl/N-ethyl adjacent to an activating group) is 1. The van der Waals surface area contributed by atoms with Crippen LogP contribution in [0.1, 0.15) is 29.8 Å². The third-order valence-electron chi connectivity index (χ3n) is 5.16. The van der Waals surface area contributed by atoms with Crippen molar-refractivity contribution in [2.45, 2.75) is 20.8 Å². The molecular weight excluding hydrogens is 398 g/mol. The van der Waals surface area contributed by atoms with Crippen LogP contribution in [0.15, 0.2) is 36.4 Å². The molecule has 7 heteroatoms. The normalized spacial score (nSPS) is 11.1. The number of rotatable bonds is 9. The fourth-order valence-corrected chi connectivity index (χ4v) is 4.36. The second-order valence-corrected chi connectivity index (χ2v) is 8.03. The number of carbonyl (C=O) groups excluding carboxylic acids is 1. The van der Waals surface area contributed by atoms with E-state index in [4.69, 9.17) is 14.5 Å². The number of methoxy groups -OCH3 is 2. The molecule has 0 spiro atoms. The van der Waals surface area contributed by atoms with E-state index < -0.39 is 0 Å². The largest absolute Gasteiger partial charge is 0.493 e. The summed E-state index contributed by atoms with van der Waals surface area (Å²) in [5, 5.41) is 0.680. The summed E-state index contributed by atoms with van der Waals surface area (Å²) < 4.78 is 11.8. The van der Waals surface area contributed by atoms with Crippen LogP contribution >= 0.6 is 11.3 Å². The van der Waals surface area contributed by atoms with E-state index >= 15 is 0 Å². The number of hydrogen-bond acceptors (Lipinski definition) is 6. The summed E-state index contributed by atoms with van der Waals surface area (Å²) in [6.45, 7) is 9.50. The van der Waals surface area contributed by atoms with E-state index in [0.29, 0.717) is 28.7 Å². The summed E-state index contributed by atoms with van der Waals surface area (Å²) in [6, 6.07) is 11.5. The van der Waals surface area contributed by atoms with E-state index in [1.165, 1.54) is 11.3 Å². The minimum atomic E-state index is -0.0381. The second-order valence-electron chi connectivity index (χ2n) is 7.02. The predicted molar refractivity (Wildman–Crippen MR) is 123 cm³/mol. The fourth-order valence-electron chi connectivity index (χ4n) is 3.36. The zero-order chi connectivity index (χ0) is 21.7. The van der Waals surface area contributed by atoms with Gasteiger partial charge in [-0.3, -0.25) is 9.69 Å². The third-order valence-corrected chi connectivity index (χ3v) is 6.20. The van der Waals surface area contributed by atoms with Gasteiger partial charge in [0.1, 0.15) is 0 Å². The Labute approximate surface area is 182 Å². The fraction of sp³-hybridized carbons (Fsp3) is 0.391. The highest BCUT2D eigenvalue weighted by Crippen LogP contribution is 2.37. The van der Waals surface area contributed by atoms with E-state index in [1.807, 2.05) is 43.3 Å². The smallest absolute Gasteiger partial charge is 0.260 e. The van der Waals surface area contributed by atoms with Crippen LogP contribution < -0.4 is 14.4 Å². The van der Waals surface area contributed by atoms with Crippen molar-refractivity contribution in [3.63, 3.8) is 0 Å². The lowest BCUT2D eigenvalue weighted by molar-refractivity contribution is 0.0983. The highest BCUT2D eigenvalue weighted by Gasteiger charge is 2.23. The van der Waals surface area contributed by atoms with Gasteiger partial charge in [0.15, 0.2) is 16.6 Å². The van der Waals surface area contributed by atoms with Gasteiger partial charge in [0.25, 0.3) is 5.91 Å². The number of thiazole rings is 1. The van der Waals surface area contributed by atoms with Crippen molar-refractivity contribution in [2.75, 3.05) is 45.3 Å². The zero-order valence-electron chi connectivity index (χ0n) is 18.3. The van der Waals surface area contributed by atoms with E-state index in [9.17, 15) is 4.79 Å². The van der Waals surface area contributed by atoms with Gasteiger partial charge in [-0.25, -0.2) is 4.98 Å². The van der Waals surface area contributed by atoms with Gasteiger partial charge in [-0.05, 0) is 32.1 Å². The molecule has 0 N–H and O–H groups in total. The molecule has 1 amide bonds. The van der Waals surface area contributed by atoms with Crippen molar-refractivity contribution in [2.24, 2.45) is 0 Å². The number of aryl methyl sites for hydroxylation is 1. The number of benzene rings is 2. The Morgan fingerprint density at radius 2 is 1.73 bits per heavy atom. The molecule has 0 radical (unpaired) electrons. The molecule has 0 aliphatic heterocycles. The third kappa shape index (κ3) is 4.74. The molecule has 0 aliphatic rings. The highest BCUT2D eigenvalue weighted by atomic mass is 32.1. The number of hydrogen-bond donors (Lipinski definition) is 0. The van der Waals surface area contributed by atoms with Crippen molar-refractivity contribution in [1.29, 1.82) is 0 Å². The number of fused-ring (bicyclic) bond motifs is 1. The molecule has 1 heterocycles. The first-order valence-corrected chi connectivity index (χ1v) is 11.0. The van der Waals surface area contributed by atoms with Gasteiger partial charge >= 0.3 is 0 Å². The Morgan fingerprint density at radius 1 is 1.03 bits per heavy atom. The Morgan fingerprint density at radius 3 is 2.37 bits per heavy atom. The van der Waals surface area contributed by atoms with Crippen LogP contribution in [-0.4, -0.2) is 56.2 Å². The van der Waals surface area contributed by atoms with E-state index in [1.54, 1.807) is 19.1 Å². The molecular formula is C23H29N3O3S. The Bertz CT molecular complexity index is 973. The molecule has 3 aromatic rings. The monoisotopic (exact) mass is 427 g/mol. The molecule has 2 aromatic carbocycles. The van der Waals surface area contributed by atoms with E-state index in [2.05, 4.69) is 18.7 Å². The number of amides is 1. The standard InChI is InChI=1S/C23H29N3O3S/c1-6-25(7-2)11-12-26(22(27)17-10-8-9-16(3)13-17)23-24-18-14-19(28-4)20(29-5)15-21(18)30-23/h8-10,13-15H,6-7,11-12H2,1-5H3. The second kappa shape index (κ2) is 9.91. The SMILES string of the molecule is CCN(CC)CCN(C(=O)c1cccc(C)c1)c1nc2cc(OC)c(OC)cc2s1. The molecule has 0 aliphatic carbocycles. The average Bonchev–Trinajstić information content (AvgIpc) is 3.17. The maximum atomic E-state index is 13.4. The maximum Gasteiger partial charge on any atom is 0.260 e. The lowest BCUT2D eigenvalue weighted by Crippen LogP contribution is -2.38. The lowest BCUT2D eigenvalue weighted by atomic mass is 10.1. The molecule has 3 rings (SSSR count). The van der Waals surface area contributed by atoms with Gasteiger partial charge in [0.2, 0.25) is 0 Å². The van der Waals surface area contributed by atoms with Crippen LogP contribution in [0, 0.1) is 6.92 Å². The van der Waals surface area contributed by atoms with Crippen LogP contribution in [0.3, 0.4) is 0 Å². The summed E-state index contributed by atoms with van der Waals surface area (Å²) in [5.74, 6) is 1.24. The summed E-state index contributed by atoms with van der Waals surface area (Å²) in [7, 11) is 3.22. The van der Waals surface area contributed by atoms with Gasteiger partial charge < -0.3 is 14.4 Å². The molecule has 0 saturated carbocycles. The van der Waals surface area contributed by atoms with Crippen molar-refractivity contribution in [1.82, 2.24) is 9.88 Å². The first kappa shape index (κ1) is 22.1. The van der Waals surface area contributed by atoms with Gasteiger partial charge in [0.05, 0.1) is 24.4 Å². The Kier molecular flexibility index (Phi) is 7.29. The van der Waals surface area contributed by atoms with Gasteiger partial charge in [-0.1, -0.05) is 42.9 Å². The summed E-state index contributed by atoms with van der Waals surface area (Å²) >= 11 is 1.49. The molecule has 6 nitrogen and oxygen atoms in total. The summed E-state index contributed by atoms with van der Waals surface area (Å²) in [5.41, 5.74) is 2.52. The van der Waals surface area contributed by atoms with Gasteiger partial charge in [-0.15, -0.1) is 0 Å². The molecule has 30 heavy (non-hydrogen) atoms. The minimum absolute atomic E-state index is 0.0381. The number of aromatic nitrogens is 1. The molecule has 0 atom stereocenters. The molecule has 0 saturated heterocycles. The van der Waals surface area contributed by atoms with Crippen molar-refractivity contribution < 1.29 is 14.3 Å². The van der Waals surface area contributed by atoms with Gasteiger partial charge in [0, 0.05) is 30.8 Å². The number of anilines is 1. The van der Waals surface area contributed by atoms with Gasteiger partial charge in [-0.2, -0.15) is 0 Å².